The van der Waals surface area contributed by atoms with Crippen LogP contribution in [-0.2, 0) is 22.5 Å². The molecule has 1 fully saturated rings. The molecule has 0 aromatic carbocycles. The van der Waals surface area contributed by atoms with Crippen LogP contribution >= 0.6 is 0 Å². The highest BCUT2D eigenvalue weighted by Gasteiger charge is 2.24. The molecule has 6 nitrogen and oxygen atoms in total. The van der Waals surface area contributed by atoms with E-state index in [4.69, 9.17) is 9.26 Å². The van der Waals surface area contributed by atoms with Gasteiger partial charge in [-0.15, -0.1) is 0 Å². The SMILES string of the molecule is CCc1noc(CN(C)C(=O)[C@@H](C)OC2CCCCCC2)n1. The van der Waals surface area contributed by atoms with E-state index in [9.17, 15) is 4.79 Å². The van der Waals surface area contributed by atoms with Crippen LogP contribution in [0.25, 0.3) is 0 Å². The summed E-state index contributed by atoms with van der Waals surface area (Å²) in [5.41, 5.74) is 0. The first-order valence-electron chi connectivity index (χ1n) is 8.32. The van der Waals surface area contributed by atoms with E-state index in [0.29, 0.717) is 18.3 Å². The molecular weight excluding hydrogens is 282 g/mol. The van der Waals surface area contributed by atoms with Crippen LogP contribution in [0.1, 0.15) is 64.1 Å². The molecule has 1 atom stereocenters. The third kappa shape index (κ3) is 4.80. The first kappa shape index (κ1) is 16.9. The maximum absolute atomic E-state index is 12.4. The van der Waals surface area contributed by atoms with Crippen molar-refractivity contribution in [3.63, 3.8) is 0 Å². The van der Waals surface area contributed by atoms with E-state index in [1.807, 2.05) is 13.8 Å². The van der Waals surface area contributed by atoms with E-state index >= 15 is 0 Å². The van der Waals surface area contributed by atoms with Crippen molar-refractivity contribution < 1.29 is 14.1 Å². The standard InChI is InChI=1S/C16H27N3O3/c1-4-14-17-15(22-18-14)11-19(3)16(20)12(2)21-13-9-7-5-6-8-10-13/h12-13H,4-11H2,1-3H3/t12-/m1/s1. The average molecular weight is 309 g/mol. The molecule has 1 heterocycles. The minimum atomic E-state index is -0.429. The third-order valence-electron chi connectivity index (χ3n) is 4.12. The first-order chi connectivity index (χ1) is 10.6. The van der Waals surface area contributed by atoms with Crippen molar-refractivity contribution in [3.05, 3.63) is 11.7 Å². The van der Waals surface area contributed by atoms with Gasteiger partial charge in [0.15, 0.2) is 5.82 Å². The van der Waals surface area contributed by atoms with Gasteiger partial charge in [-0.3, -0.25) is 4.79 Å². The number of aryl methyl sites for hydroxylation is 1. The zero-order valence-corrected chi connectivity index (χ0v) is 13.9. The van der Waals surface area contributed by atoms with Crippen molar-refractivity contribution in [2.24, 2.45) is 0 Å². The van der Waals surface area contributed by atoms with Crippen LogP contribution in [0.5, 0.6) is 0 Å². The van der Waals surface area contributed by atoms with Crippen molar-refractivity contribution in [2.45, 2.75) is 77.5 Å². The van der Waals surface area contributed by atoms with Gasteiger partial charge < -0.3 is 14.2 Å². The van der Waals surface area contributed by atoms with Gasteiger partial charge in [0.1, 0.15) is 6.10 Å². The van der Waals surface area contributed by atoms with Gasteiger partial charge in [-0.25, -0.2) is 0 Å². The van der Waals surface area contributed by atoms with Gasteiger partial charge in [0.05, 0.1) is 12.6 Å². The minimum absolute atomic E-state index is 0.0412. The highest BCUT2D eigenvalue weighted by Crippen LogP contribution is 2.21. The summed E-state index contributed by atoms with van der Waals surface area (Å²) < 4.78 is 11.1. The Morgan fingerprint density at radius 1 is 1.36 bits per heavy atom. The largest absolute Gasteiger partial charge is 0.365 e. The molecule has 2 rings (SSSR count). The number of nitrogens with zero attached hydrogens (tertiary/aromatic N) is 3. The van der Waals surface area contributed by atoms with Crippen LogP contribution in [0, 0.1) is 0 Å². The summed E-state index contributed by atoms with van der Waals surface area (Å²) in [7, 11) is 1.74. The molecule has 124 valence electrons. The van der Waals surface area contributed by atoms with Gasteiger partial charge in [-0.1, -0.05) is 37.8 Å². The lowest BCUT2D eigenvalue weighted by Crippen LogP contribution is -2.38. The summed E-state index contributed by atoms with van der Waals surface area (Å²) >= 11 is 0. The van der Waals surface area contributed by atoms with E-state index in [-0.39, 0.29) is 12.0 Å². The highest BCUT2D eigenvalue weighted by atomic mass is 16.5. The van der Waals surface area contributed by atoms with Crippen molar-refractivity contribution in [3.8, 4) is 0 Å². The second-order valence-electron chi connectivity index (χ2n) is 6.04. The van der Waals surface area contributed by atoms with Crippen molar-refractivity contribution in [1.29, 1.82) is 0 Å². The fourth-order valence-electron chi connectivity index (χ4n) is 2.81. The van der Waals surface area contributed by atoms with E-state index in [0.717, 1.165) is 19.3 Å². The van der Waals surface area contributed by atoms with Crippen LogP contribution in [0.2, 0.25) is 0 Å². The molecule has 0 unspecified atom stereocenters. The number of rotatable bonds is 6. The van der Waals surface area contributed by atoms with Crippen LogP contribution in [0.15, 0.2) is 4.52 Å². The molecule has 1 aromatic heterocycles. The predicted molar refractivity (Wildman–Crippen MR) is 82.2 cm³/mol. The summed E-state index contributed by atoms with van der Waals surface area (Å²) in [6.45, 7) is 4.12. The second kappa shape index (κ2) is 8.27. The summed E-state index contributed by atoms with van der Waals surface area (Å²) in [6, 6.07) is 0. The molecule has 0 spiro atoms. The van der Waals surface area contributed by atoms with Gasteiger partial charge in [-0.05, 0) is 19.8 Å². The lowest BCUT2D eigenvalue weighted by atomic mass is 10.1. The molecule has 0 bridgehead atoms. The zero-order chi connectivity index (χ0) is 15.9. The molecule has 1 amide bonds. The Balaban J connectivity index is 1.83. The van der Waals surface area contributed by atoms with Crippen LogP contribution in [0.3, 0.4) is 0 Å². The van der Waals surface area contributed by atoms with Crippen molar-refractivity contribution in [1.82, 2.24) is 15.0 Å². The lowest BCUT2D eigenvalue weighted by Gasteiger charge is -2.24. The van der Waals surface area contributed by atoms with E-state index in [1.165, 1.54) is 25.7 Å². The number of amides is 1. The molecule has 1 aromatic rings. The fourth-order valence-corrected chi connectivity index (χ4v) is 2.81. The highest BCUT2D eigenvalue weighted by molar-refractivity contribution is 5.80. The topological polar surface area (TPSA) is 68.5 Å². The number of aromatic nitrogens is 2. The smallest absolute Gasteiger partial charge is 0.251 e. The summed E-state index contributed by atoms with van der Waals surface area (Å²) in [6.07, 6.45) is 7.58. The van der Waals surface area contributed by atoms with Crippen LogP contribution in [-0.4, -0.2) is 40.2 Å². The number of hydrogen-bond donors (Lipinski definition) is 0. The number of carbonyl (C=O) groups is 1. The Labute approximate surface area is 132 Å². The second-order valence-corrected chi connectivity index (χ2v) is 6.04. The van der Waals surface area contributed by atoms with Crippen LogP contribution in [0.4, 0.5) is 0 Å². The van der Waals surface area contributed by atoms with Crippen LogP contribution < -0.4 is 0 Å². The molecule has 0 radical (unpaired) electrons. The number of likely N-dealkylation sites (N-methyl/N-ethyl adjacent to an activating group) is 1. The first-order valence-corrected chi connectivity index (χ1v) is 8.32. The summed E-state index contributed by atoms with van der Waals surface area (Å²) in [5.74, 6) is 1.09. The lowest BCUT2D eigenvalue weighted by molar-refractivity contribution is -0.146. The molecule has 0 saturated heterocycles. The number of ether oxygens (including phenoxy) is 1. The number of hydrogen-bond acceptors (Lipinski definition) is 5. The van der Waals surface area contributed by atoms with Gasteiger partial charge >= 0.3 is 0 Å². The summed E-state index contributed by atoms with van der Waals surface area (Å²) in [5, 5.41) is 3.84. The molecule has 1 aliphatic rings. The number of carbonyl (C=O) groups excluding carboxylic acids is 1. The van der Waals surface area contributed by atoms with Crippen molar-refractivity contribution in [2.75, 3.05) is 7.05 Å². The Bertz CT molecular complexity index is 467. The Morgan fingerprint density at radius 2 is 2.05 bits per heavy atom. The quantitative estimate of drug-likeness (QED) is 0.756. The monoisotopic (exact) mass is 309 g/mol. The minimum Gasteiger partial charge on any atom is -0.365 e. The normalized spacial score (nSPS) is 18.0. The molecular formula is C16H27N3O3. The molecule has 0 aliphatic heterocycles. The maximum atomic E-state index is 12.4. The molecule has 6 heteroatoms. The average Bonchev–Trinajstić information content (AvgIpc) is 2.81. The Morgan fingerprint density at radius 3 is 2.64 bits per heavy atom. The third-order valence-corrected chi connectivity index (χ3v) is 4.12. The van der Waals surface area contributed by atoms with Gasteiger partial charge in [0.2, 0.25) is 5.89 Å². The van der Waals surface area contributed by atoms with Crippen molar-refractivity contribution >= 4 is 5.91 Å². The van der Waals surface area contributed by atoms with Gasteiger partial charge in [-0.2, -0.15) is 4.98 Å². The molecule has 1 aliphatic carbocycles. The fraction of sp³-hybridized carbons (Fsp3) is 0.812. The van der Waals surface area contributed by atoms with Gasteiger partial charge in [0.25, 0.3) is 5.91 Å². The van der Waals surface area contributed by atoms with E-state index in [2.05, 4.69) is 10.1 Å². The molecule has 22 heavy (non-hydrogen) atoms. The predicted octanol–water partition coefficient (Wildman–Crippen LogP) is 2.72. The molecule has 1 saturated carbocycles. The summed E-state index contributed by atoms with van der Waals surface area (Å²) in [4.78, 5) is 18.2. The maximum Gasteiger partial charge on any atom is 0.251 e. The van der Waals surface area contributed by atoms with E-state index in [1.54, 1.807) is 11.9 Å². The van der Waals surface area contributed by atoms with E-state index < -0.39 is 6.10 Å². The zero-order valence-electron chi connectivity index (χ0n) is 13.9. The Hall–Kier alpha value is -1.43. The van der Waals surface area contributed by atoms with Gasteiger partial charge in [0, 0.05) is 13.5 Å². The Kier molecular flexibility index (Phi) is 6.36. The molecule has 0 N–H and O–H groups in total.